The molecule has 0 radical (unpaired) electrons. The Labute approximate surface area is 117 Å². The number of rotatable bonds is 4. The maximum absolute atomic E-state index is 12.5. The molecule has 0 amide bonds. The lowest BCUT2D eigenvalue weighted by Crippen LogP contribution is -2.28. The van der Waals surface area contributed by atoms with Crippen molar-refractivity contribution in [1.82, 2.24) is 0 Å². The molecule has 2 rings (SSSR count). The van der Waals surface area contributed by atoms with Crippen LogP contribution in [0.2, 0.25) is 0 Å². The Hall–Kier alpha value is -1.07. The summed E-state index contributed by atoms with van der Waals surface area (Å²) in [6.07, 6.45) is -0.690. The average Bonchev–Trinajstić information content (AvgIpc) is 2.39. The molecular formula is C15H20F3NO. The first-order valence-corrected chi connectivity index (χ1v) is 6.94. The molecule has 0 spiro atoms. The number of nitrogens with two attached hydrogens (primary N) is 1. The second-order valence-corrected chi connectivity index (χ2v) is 5.45. The first-order chi connectivity index (χ1) is 9.45. The van der Waals surface area contributed by atoms with Crippen molar-refractivity contribution >= 4 is 0 Å². The predicted molar refractivity (Wildman–Crippen MR) is 71.3 cm³/mol. The van der Waals surface area contributed by atoms with Crippen molar-refractivity contribution < 1.29 is 17.9 Å². The first kappa shape index (κ1) is 15.3. The third-order valence-corrected chi connectivity index (χ3v) is 3.76. The molecule has 0 aromatic heterocycles. The SMILES string of the molecule is NC(Cc1ccc(C(F)(F)F)cc1)CC1CCOCC1. The third kappa shape index (κ3) is 4.49. The Morgan fingerprint density at radius 2 is 1.75 bits per heavy atom. The number of hydrogen-bond donors (Lipinski definition) is 1. The molecule has 1 aromatic rings. The summed E-state index contributed by atoms with van der Waals surface area (Å²) in [6, 6.07) is 5.28. The largest absolute Gasteiger partial charge is 0.416 e. The van der Waals surface area contributed by atoms with Gasteiger partial charge in [0, 0.05) is 19.3 Å². The lowest BCUT2D eigenvalue weighted by atomic mass is 9.90. The smallest absolute Gasteiger partial charge is 0.381 e. The van der Waals surface area contributed by atoms with Gasteiger partial charge in [0.05, 0.1) is 5.56 Å². The lowest BCUT2D eigenvalue weighted by molar-refractivity contribution is -0.137. The van der Waals surface area contributed by atoms with Gasteiger partial charge in [-0.25, -0.2) is 0 Å². The fraction of sp³-hybridized carbons (Fsp3) is 0.600. The van der Waals surface area contributed by atoms with E-state index in [4.69, 9.17) is 10.5 Å². The summed E-state index contributed by atoms with van der Waals surface area (Å²) in [7, 11) is 0. The van der Waals surface area contributed by atoms with Crippen LogP contribution in [-0.2, 0) is 17.3 Å². The quantitative estimate of drug-likeness (QED) is 0.921. The standard InChI is InChI=1S/C15H20F3NO/c16-15(17,18)13-3-1-11(2-4-13)9-14(19)10-12-5-7-20-8-6-12/h1-4,12,14H,5-10,19H2. The van der Waals surface area contributed by atoms with Crippen molar-refractivity contribution in [1.29, 1.82) is 0 Å². The van der Waals surface area contributed by atoms with Crippen LogP contribution in [0.1, 0.15) is 30.4 Å². The van der Waals surface area contributed by atoms with Gasteiger partial charge >= 0.3 is 6.18 Å². The maximum Gasteiger partial charge on any atom is 0.416 e. The number of ether oxygens (including phenoxy) is 1. The highest BCUT2D eigenvalue weighted by Gasteiger charge is 2.30. The normalized spacial score (nSPS) is 19.0. The Morgan fingerprint density at radius 3 is 2.30 bits per heavy atom. The van der Waals surface area contributed by atoms with E-state index in [0.29, 0.717) is 12.3 Å². The number of benzene rings is 1. The van der Waals surface area contributed by atoms with Crippen LogP contribution in [0.25, 0.3) is 0 Å². The zero-order valence-electron chi connectivity index (χ0n) is 11.3. The summed E-state index contributed by atoms with van der Waals surface area (Å²) < 4.78 is 42.7. The molecule has 1 heterocycles. The van der Waals surface area contributed by atoms with Crippen LogP contribution in [0.3, 0.4) is 0 Å². The molecule has 2 nitrogen and oxygen atoms in total. The van der Waals surface area contributed by atoms with Gasteiger partial charge in [-0.3, -0.25) is 0 Å². The zero-order valence-corrected chi connectivity index (χ0v) is 11.3. The van der Waals surface area contributed by atoms with Gasteiger partial charge in [-0.15, -0.1) is 0 Å². The summed E-state index contributed by atoms with van der Waals surface area (Å²) in [5.41, 5.74) is 6.34. The van der Waals surface area contributed by atoms with Crippen molar-refractivity contribution in [2.24, 2.45) is 11.7 Å². The van der Waals surface area contributed by atoms with Gasteiger partial charge in [-0.2, -0.15) is 13.2 Å². The third-order valence-electron chi connectivity index (χ3n) is 3.76. The molecule has 0 saturated carbocycles. The molecule has 1 aliphatic rings. The van der Waals surface area contributed by atoms with Gasteiger partial charge < -0.3 is 10.5 Å². The van der Waals surface area contributed by atoms with Gasteiger partial charge in [0.15, 0.2) is 0 Å². The highest BCUT2D eigenvalue weighted by atomic mass is 19.4. The van der Waals surface area contributed by atoms with Gasteiger partial charge in [0.25, 0.3) is 0 Å². The molecule has 1 aromatic carbocycles. The fourth-order valence-corrected chi connectivity index (χ4v) is 2.63. The van der Waals surface area contributed by atoms with E-state index in [0.717, 1.165) is 50.2 Å². The van der Waals surface area contributed by atoms with E-state index in [1.54, 1.807) is 0 Å². The second-order valence-electron chi connectivity index (χ2n) is 5.45. The molecule has 1 unspecified atom stereocenters. The van der Waals surface area contributed by atoms with E-state index < -0.39 is 11.7 Å². The van der Waals surface area contributed by atoms with E-state index in [1.165, 1.54) is 12.1 Å². The topological polar surface area (TPSA) is 35.2 Å². The molecule has 2 N–H and O–H groups in total. The van der Waals surface area contributed by atoms with Crippen LogP contribution in [0.5, 0.6) is 0 Å². The summed E-state index contributed by atoms with van der Waals surface area (Å²) >= 11 is 0. The van der Waals surface area contributed by atoms with E-state index in [1.807, 2.05) is 0 Å². The van der Waals surface area contributed by atoms with Crippen LogP contribution in [0.15, 0.2) is 24.3 Å². The zero-order chi connectivity index (χ0) is 14.6. The highest BCUT2D eigenvalue weighted by molar-refractivity contribution is 5.25. The molecule has 1 fully saturated rings. The van der Waals surface area contributed by atoms with Gasteiger partial charge in [0.2, 0.25) is 0 Å². The molecule has 112 valence electrons. The van der Waals surface area contributed by atoms with Crippen LogP contribution >= 0.6 is 0 Å². The van der Waals surface area contributed by atoms with Crippen molar-refractivity contribution in [3.8, 4) is 0 Å². The van der Waals surface area contributed by atoms with Crippen LogP contribution in [-0.4, -0.2) is 19.3 Å². The van der Waals surface area contributed by atoms with Crippen molar-refractivity contribution in [2.75, 3.05) is 13.2 Å². The van der Waals surface area contributed by atoms with E-state index >= 15 is 0 Å². The minimum absolute atomic E-state index is 0.00478. The van der Waals surface area contributed by atoms with Gasteiger partial charge in [-0.1, -0.05) is 12.1 Å². The minimum Gasteiger partial charge on any atom is -0.381 e. The van der Waals surface area contributed by atoms with Crippen LogP contribution in [0, 0.1) is 5.92 Å². The predicted octanol–water partition coefficient (Wildman–Crippen LogP) is 3.39. The molecule has 1 atom stereocenters. The number of halogens is 3. The number of hydrogen-bond acceptors (Lipinski definition) is 2. The fourth-order valence-electron chi connectivity index (χ4n) is 2.63. The van der Waals surface area contributed by atoms with Crippen molar-refractivity contribution in [2.45, 2.75) is 37.9 Å². The highest BCUT2D eigenvalue weighted by Crippen LogP contribution is 2.29. The summed E-state index contributed by atoms with van der Waals surface area (Å²) in [5.74, 6) is 0.577. The number of alkyl halides is 3. The van der Waals surface area contributed by atoms with Crippen molar-refractivity contribution in [3.63, 3.8) is 0 Å². The van der Waals surface area contributed by atoms with E-state index in [-0.39, 0.29) is 6.04 Å². The lowest BCUT2D eigenvalue weighted by Gasteiger charge is -2.24. The molecule has 5 heteroatoms. The van der Waals surface area contributed by atoms with Gasteiger partial charge in [-0.05, 0) is 49.3 Å². The Bertz CT molecular complexity index is 410. The molecule has 20 heavy (non-hydrogen) atoms. The van der Waals surface area contributed by atoms with Crippen molar-refractivity contribution in [3.05, 3.63) is 35.4 Å². The monoisotopic (exact) mass is 287 g/mol. The minimum atomic E-state index is -4.28. The summed E-state index contributed by atoms with van der Waals surface area (Å²) in [6.45, 7) is 1.58. The molecule has 1 saturated heterocycles. The molecular weight excluding hydrogens is 267 g/mol. The van der Waals surface area contributed by atoms with E-state index in [9.17, 15) is 13.2 Å². The molecule has 0 aliphatic carbocycles. The molecule has 1 aliphatic heterocycles. The summed E-state index contributed by atoms with van der Waals surface area (Å²) in [4.78, 5) is 0. The van der Waals surface area contributed by atoms with Gasteiger partial charge in [0.1, 0.15) is 0 Å². The van der Waals surface area contributed by atoms with Crippen LogP contribution < -0.4 is 5.73 Å². The van der Waals surface area contributed by atoms with Crippen LogP contribution in [0.4, 0.5) is 13.2 Å². The Balaban J connectivity index is 1.86. The first-order valence-electron chi connectivity index (χ1n) is 6.94. The molecule has 0 bridgehead atoms. The average molecular weight is 287 g/mol. The second kappa shape index (κ2) is 6.59. The maximum atomic E-state index is 12.5. The Morgan fingerprint density at radius 1 is 1.15 bits per heavy atom. The Kier molecular flexibility index (Phi) is 5.05. The summed E-state index contributed by atoms with van der Waals surface area (Å²) in [5, 5.41) is 0. The van der Waals surface area contributed by atoms with E-state index in [2.05, 4.69) is 0 Å².